The van der Waals surface area contributed by atoms with Gasteiger partial charge in [0.05, 0.1) is 6.07 Å². The number of hydrogen-bond acceptors (Lipinski definition) is 2. The summed E-state index contributed by atoms with van der Waals surface area (Å²) in [7, 11) is 0. The lowest BCUT2D eigenvalue weighted by molar-refractivity contribution is 0.306. The summed E-state index contributed by atoms with van der Waals surface area (Å²) < 4.78 is 5.59. The first kappa shape index (κ1) is 14.1. The highest BCUT2D eigenvalue weighted by Crippen LogP contribution is 2.16. The van der Waals surface area contributed by atoms with E-state index in [1.807, 2.05) is 54.6 Å². The fraction of sp³-hybridized carbons (Fsp3) is 0.133. The molecule has 0 radical (unpaired) electrons. The maximum absolute atomic E-state index is 7.32. The molecule has 0 aromatic heterocycles. The quantitative estimate of drug-likeness (QED) is 0.816. The molecule has 0 amide bonds. The van der Waals surface area contributed by atoms with Crippen LogP contribution in [0.15, 0.2) is 54.6 Å². The molecule has 0 saturated heterocycles. The first-order valence-corrected chi connectivity index (χ1v) is 5.87. The Balaban J connectivity index is 0.000000492. The van der Waals surface area contributed by atoms with Crippen molar-refractivity contribution in [3.63, 3.8) is 0 Å². The summed E-state index contributed by atoms with van der Waals surface area (Å²) >= 11 is 5.77. The smallest absolute Gasteiger partial charge is 0.119 e. The molecule has 0 bridgehead atoms. The van der Waals surface area contributed by atoms with E-state index in [0.29, 0.717) is 6.61 Å². The molecular weight excluding hydrogens is 246 g/mol. The Morgan fingerprint density at radius 2 is 1.61 bits per heavy atom. The Morgan fingerprint density at radius 1 is 1.06 bits per heavy atom. The van der Waals surface area contributed by atoms with Crippen LogP contribution in [-0.4, -0.2) is 0 Å². The van der Waals surface area contributed by atoms with Crippen LogP contribution in [0, 0.1) is 11.3 Å². The van der Waals surface area contributed by atoms with Gasteiger partial charge in [-0.1, -0.05) is 41.9 Å². The van der Waals surface area contributed by atoms with Gasteiger partial charge >= 0.3 is 0 Å². The van der Waals surface area contributed by atoms with Crippen LogP contribution < -0.4 is 4.74 Å². The lowest BCUT2D eigenvalue weighted by Crippen LogP contribution is -1.94. The third-order valence-electron chi connectivity index (χ3n) is 2.06. The fourth-order valence-corrected chi connectivity index (χ4v) is 1.40. The van der Waals surface area contributed by atoms with E-state index >= 15 is 0 Å². The van der Waals surface area contributed by atoms with Gasteiger partial charge < -0.3 is 4.74 Å². The van der Waals surface area contributed by atoms with Gasteiger partial charge in [-0.3, -0.25) is 0 Å². The van der Waals surface area contributed by atoms with Crippen LogP contribution in [0.4, 0.5) is 0 Å². The third kappa shape index (κ3) is 5.38. The van der Waals surface area contributed by atoms with E-state index in [9.17, 15) is 0 Å². The predicted molar refractivity (Wildman–Crippen MR) is 73.5 cm³/mol. The maximum atomic E-state index is 7.32. The highest BCUT2D eigenvalue weighted by molar-refractivity contribution is 6.30. The summed E-state index contributed by atoms with van der Waals surface area (Å²) in [6, 6.07) is 19.2. The van der Waals surface area contributed by atoms with Crippen LogP contribution in [0.2, 0.25) is 5.02 Å². The van der Waals surface area contributed by atoms with Crippen molar-refractivity contribution >= 4 is 11.6 Å². The second-order valence-corrected chi connectivity index (χ2v) is 3.89. The van der Waals surface area contributed by atoms with Gasteiger partial charge in [0.25, 0.3) is 0 Å². The van der Waals surface area contributed by atoms with E-state index in [1.54, 1.807) is 6.07 Å². The Labute approximate surface area is 112 Å². The normalized spacial score (nSPS) is 8.72. The van der Waals surface area contributed by atoms with Crippen LogP contribution in [0.1, 0.15) is 12.5 Å². The molecule has 0 fully saturated rings. The number of rotatable bonds is 3. The number of benzene rings is 2. The minimum atomic E-state index is 0.586. The van der Waals surface area contributed by atoms with Crippen LogP contribution in [0.25, 0.3) is 0 Å². The average Bonchev–Trinajstić information content (AvgIpc) is 2.40. The second kappa shape index (κ2) is 8.16. The first-order chi connectivity index (χ1) is 8.76. The van der Waals surface area contributed by atoms with Crippen molar-refractivity contribution in [2.45, 2.75) is 13.5 Å². The van der Waals surface area contributed by atoms with Gasteiger partial charge in [0, 0.05) is 11.9 Å². The first-order valence-electron chi connectivity index (χ1n) is 5.49. The molecule has 0 aliphatic carbocycles. The van der Waals surface area contributed by atoms with Gasteiger partial charge in [-0.05, 0) is 29.8 Å². The largest absolute Gasteiger partial charge is 0.489 e. The summed E-state index contributed by atoms with van der Waals surface area (Å²) in [5.74, 6) is 0.836. The molecule has 92 valence electrons. The molecule has 2 aromatic rings. The van der Waals surface area contributed by atoms with Crippen LogP contribution in [0.5, 0.6) is 5.75 Å². The Morgan fingerprint density at radius 3 is 2.17 bits per heavy atom. The molecular formula is C15H14ClNO. The van der Waals surface area contributed by atoms with Gasteiger partial charge in [0.2, 0.25) is 0 Å². The lowest BCUT2D eigenvalue weighted by atomic mass is 10.2. The highest BCUT2D eigenvalue weighted by Gasteiger charge is 1.94. The Bertz CT molecular complexity index is 488. The van der Waals surface area contributed by atoms with Gasteiger partial charge in [0.1, 0.15) is 12.4 Å². The molecule has 3 heteroatoms. The monoisotopic (exact) mass is 259 g/mol. The van der Waals surface area contributed by atoms with Crippen molar-refractivity contribution in [2.75, 3.05) is 0 Å². The minimum Gasteiger partial charge on any atom is -0.489 e. The van der Waals surface area contributed by atoms with Crippen LogP contribution >= 0.6 is 11.6 Å². The Kier molecular flexibility index (Phi) is 6.38. The lowest BCUT2D eigenvalue weighted by Gasteiger charge is -2.05. The van der Waals surface area contributed by atoms with E-state index in [0.717, 1.165) is 16.3 Å². The Hall–Kier alpha value is -1.98. The van der Waals surface area contributed by atoms with E-state index in [4.69, 9.17) is 21.6 Å². The van der Waals surface area contributed by atoms with Crippen molar-refractivity contribution in [1.82, 2.24) is 0 Å². The number of hydrogen-bond donors (Lipinski definition) is 0. The molecule has 2 rings (SSSR count). The molecule has 0 heterocycles. The predicted octanol–water partition coefficient (Wildman–Crippen LogP) is 4.45. The second-order valence-electron chi connectivity index (χ2n) is 3.45. The topological polar surface area (TPSA) is 33.0 Å². The third-order valence-corrected chi connectivity index (χ3v) is 2.31. The molecule has 0 unspecified atom stereocenters. The average molecular weight is 260 g/mol. The SMILES string of the molecule is CC#N.Clc1ccc(OCc2ccccc2)cc1. The number of halogens is 1. The van der Waals surface area contributed by atoms with Crippen molar-refractivity contribution in [3.8, 4) is 11.8 Å². The van der Waals surface area contributed by atoms with Gasteiger partial charge in [0.15, 0.2) is 0 Å². The van der Waals surface area contributed by atoms with Gasteiger partial charge in [-0.2, -0.15) is 5.26 Å². The minimum absolute atomic E-state index is 0.586. The number of ether oxygens (including phenoxy) is 1. The molecule has 2 aromatic carbocycles. The summed E-state index contributed by atoms with van der Waals surface area (Å²) in [6.45, 7) is 2.02. The zero-order valence-electron chi connectivity index (χ0n) is 10.1. The van der Waals surface area contributed by atoms with E-state index < -0.39 is 0 Å². The number of nitriles is 1. The van der Waals surface area contributed by atoms with Crippen molar-refractivity contribution in [1.29, 1.82) is 5.26 Å². The summed E-state index contributed by atoms with van der Waals surface area (Å²) in [4.78, 5) is 0. The molecule has 0 saturated carbocycles. The van der Waals surface area contributed by atoms with Crippen molar-refractivity contribution in [2.24, 2.45) is 0 Å². The maximum Gasteiger partial charge on any atom is 0.119 e. The summed E-state index contributed by atoms with van der Waals surface area (Å²) in [5.41, 5.74) is 1.16. The summed E-state index contributed by atoms with van der Waals surface area (Å²) in [6.07, 6.45) is 0. The molecule has 0 spiro atoms. The molecule has 2 nitrogen and oxygen atoms in total. The van der Waals surface area contributed by atoms with E-state index in [-0.39, 0.29) is 0 Å². The van der Waals surface area contributed by atoms with Crippen molar-refractivity contribution < 1.29 is 4.74 Å². The zero-order chi connectivity index (χ0) is 13.2. The molecule has 0 aliphatic heterocycles. The zero-order valence-corrected chi connectivity index (χ0v) is 10.9. The highest BCUT2D eigenvalue weighted by atomic mass is 35.5. The standard InChI is InChI=1S/C13H11ClO.C2H3N/c14-12-6-8-13(9-7-12)15-10-11-4-2-1-3-5-11;1-2-3/h1-9H,10H2;1H3. The fourth-order valence-electron chi connectivity index (χ4n) is 1.27. The molecule has 0 N–H and O–H groups in total. The summed E-state index contributed by atoms with van der Waals surface area (Å²) in [5, 5.41) is 8.04. The van der Waals surface area contributed by atoms with Crippen LogP contribution in [-0.2, 0) is 6.61 Å². The van der Waals surface area contributed by atoms with Crippen LogP contribution in [0.3, 0.4) is 0 Å². The number of nitrogens with zero attached hydrogens (tertiary/aromatic N) is 1. The van der Waals surface area contributed by atoms with Crippen molar-refractivity contribution in [3.05, 3.63) is 65.2 Å². The molecule has 18 heavy (non-hydrogen) atoms. The van der Waals surface area contributed by atoms with E-state index in [1.165, 1.54) is 6.92 Å². The van der Waals surface area contributed by atoms with E-state index in [2.05, 4.69) is 0 Å². The van der Waals surface area contributed by atoms with Gasteiger partial charge in [-0.15, -0.1) is 0 Å². The molecule has 0 atom stereocenters. The molecule has 0 aliphatic rings. The van der Waals surface area contributed by atoms with Gasteiger partial charge in [-0.25, -0.2) is 0 Å².